The zero-order valence-electron chi connectivity index (χ0n) is 8.28. The quantitative estimate of drug-likeness (QED) is 0.699. The molecule has 0 radical (unpaired) electrons. The first-order valence-electron chi connectivity index (χ1n) is 4.66. The highest BCUT2D eigenvalue weighted by Crippen LogP contribution is 2.16. The van der Waals surface area contributed by atoms with Crippen molar-refractivity contribution in [3.8, 4) is 11.8 Å². The van der Waals surface area contributed by atoms with Gasteiger partial charge in [0.15, 0.2) is 0 Å². The third kappa shape index (κ3) is 5.26. The summed E-state index contributed by atoms with van der Waals surface area (Å²) < 4.78 is 10.5. The fraction of sp³-hybridized carbons (Fsp3) is 0.364. The van der Waals surface area contributed by atoms with Crippen molar-refractivity contribution in [1.29, 1.82) is 5.26 Å². The van der Waals surface area contributed by atoms with E-state index >= 15 is 0 Å². The molecule has 0 N–H and O–H groups in total. The Balaban J connectivity index is 2.13. The largest absolute Gasteiger partial charge is 0.491 e. The molecule has 0 aromatic heterocycles. The minimum Gasteiger partial charge on any atom is -0.491 e. The number of hydrogen-bond donors (Lipinski definition) is 0. The molecular formula is C11H12ClNO2. The summed E-state index contributed by atoms with van der Waals surface area (Å²) in [6, 6.07) is 9.20. The summed E-state index contributed by atoms with van der Waals surface area (Å²) in [5.41, 5.74) is 0. The van der Waals surface area contributed by atoms with Crippen LogP contribution in [0, 0.1) is 11.3 Å². The van der Waals surface area contributed by atoms with Crippen molar-refractivity contribution in [2.24, 2.45) is 0 Å². The van der Waals surface area contributed by atoms with Crippen LogP contribution in [-0.2, 0) is 4.74 Å². The molecule has 0 unspecified atom stereocenters. The second-order valence-corrected chi connectivity index (χ2v) is 3.26. The van der Waals surface area contributed by atoms with Gasteiger partial charge in [0.25, 0.3) is 0 Å². The van der Waals surface area contributed by atoms with E-state index in [1.807, 2.05) is 18.2 Å². The Morgan fingerprint density at radius 1 is 1.27 bits per heavy atom. The highest BCUT2D eigenvalue weighted by atomic mass is 35.5. The summed E-state index contributed by atoms with van der Waals surface area (Å²) in [5, 5.41) is 8.91. The molecule has 80 valence electrons. The van der Waals surface area contributed by atoms with Crippen LogP contribution >= 0.6 is 11.6 Å². The Bertz CT molecular complexity index is 336. The first-order chi connectivity index (χ1) is 7.33. The van der Waals surface area contributed by atoms with Crippen LogP contribution in [0.1, 0.15) is 6.42 Å². The standard InChI is InChI=1S/C11H12ClNO2/c12-10-3-1-4-11(9-10)15-8-7-14-6-2-5-13/h1,3-4,9H,2,6-8H2. The van der Waals surface area contributed by atoms with Gasteiger partial charge in [-0.2, -0.15) is 5.26 Å². The van der Waals surface area contributed by atoms with Gasteiger partial charge in [0.2, 0.25) is 0 Å². The number of nitriles is 1. The van der Waals surface area contributed by atoms with Crippen molar-refractivity contribution in [3.63, 3.8) is 0 Å². The molecule has 0 aliphatic carbocycles. The molecule has 15 heavy (non-hydrogen) atoms. The van der Waals surface area contributed by atoms with Gasteiger partial charge < -0.3 is 9.47 Å². The number of nitrogens with zero attached hydrogens (tertiary/aromatic N) is 1. The fourth-order valence-electron chi connectivity index (χ4n) is 0.995. The Morgan fingerprint density at radius 2 is 2.13 bits per heavy atom. The van der Waals surface area contributed by atoms with Crippen LogP contribution in [0.15, 0.2) is 24.3 Å². The van der Waals surface area contributed by atoms with Gasteiger partial charge in [-0.1, -0.05) is 17.7 Å². The van der Waals surface area contributed by atoms with E-state index in [0.29, 0.717) is 31.3 Å². The van der Waals surface area contributed by atoms with Gasteiger partial charge in [-0.05, 0) is 18.2 Å². The monoisotopic (exact) mass is 225 g/mol. The Labute approximate surface area is 94.2 Å². The van der Waals surface area contributed by atoms with Crippen molar-refractivity contribution in [2.45, 2.75) is 6.42 Å². The molecule has 1 aromatic rings. The highest BCUT2D eigenvalue weighted by molar-refractivity contribution is 6.30. The summed E-state index contributed by atoms with van der Waals surface area (Å²) >= 11 is 5.78. The summed E-state index contributed by atoms with van der Waals surface area (Å²) in [7, 11) is 0. The molecule has 0 bridgehead atoms. The molecule has 0 aliphatic rings. The van der Waals surface area contributed by atoms with Gasteiger partial charge in [0.05, 0.1) is 25.7 Å². The molecule has 0 saturated heterocycles. The molecule has 0 saturated carbocycles. The van der Waals surface area contributed by atoms with Crippen molar-refractivity contribution in [2.75, 3.05) is 19.8 Å². The number of benzene rings is 1. The van der Waals surface area contributed by atoms with Crippen LogP contribution in [0.25, 0.3) is 0 Å². The second kappa shape index (κ2) is 7.10. The molecule has 1 aromatic carbocycles. The SMILES string of the molecule is N#CCCOCCOc1cccc(Cl)c1. The van der Waals surface area contributed by atoms with E-state index in [0.717, 1.165) is 5.75 Å². The van der Waals surface area contributed by atoms with E-state index in [2.05, 4.69) is 0 Å². The maximum absolute atomic E-state index is 8.26. The van der Waals surface area contributed by atoms with Crippen LogP contribution in [0.4, 0.5) is 0 Å². The third-order valence-corrected chi connectivity index (χ3v) is 1.89. The zero-order chi connectivity index (χ0) is 10.9. The predicted octanol–water partition coefficient (Wildman–Crippen LogP) is 2.65. The van der Waals surface area contributed by atoms with Gasteiger partial charge in [-0.3, -0.25) is 0 Å². The first-order valence-corrected chi connectivity index (χ1v) is 5.04. The topological polar surface area (TPSA) is 42.2 Å². The average molecular weight is 226 g/mol. The Hall–Kier alpha value is -1.24. The lowest BCUT2D eigenvalue weighted by Crippen LogP contribution is -2.07. The van der Waals surface area contributed by atoms with Gasteiger partial charge in [-0.25, -0.2) is 0 Å². The average Bonchev–Trinajstić information content (AvgIpc) is 2.23. The fourth-order valence-corrected chi connectivity index (χ4v) is 1.18. The van der Waals surface area contributed by atoms with Gasteiger partial charge in [0, 0.05) is 5.02 Å². The van der Waals surface area contributed by atoms with Crippen LogP contribution in [0.2, 0.25) is 5.02 Å². The molecule has 0 spiro atoms. The van der Waals surface area contributed by atoms with Crippen molar-refractivity contribution >= 4 is 11.6 Å². The molecule has 0 fully saturated rings. The second-order valence-electron chi connectivity index (χ2n) is 2.83. The van der Waals surface area contributed by atoms with E-state index in [-0.39, 0.29) is 0 Å². The highest BCUT2D eigenvalue weighted by Gasteiger charge is 1.94. The van der Waals surface area contributed by atoms with Crippen LogP contribution in [0.5, 0.6) is 5.75 Å². The van der Waals surface area contributed by atoms with Gasteiger partial charge in [-0.15, -0.1) is 0 Å². The lowest BCUT2D eigenvalue weighted by Gasteiger charge is -2.06. The van der Waals surface area contributed by atoms with Crippen LogP contribution in [0.3, 0.4) is 0 Å². The van der Waals surface area contributed by atoms with E-state index in [9.17, 15) is 0 Å². The summed E-state index contributed by atoms with van der Waals surface area (Å²) in [4.78, 5) is 0. The maximum Gasteiger partial charge on any atom is 0.120 e. The molecular weight excluding hydrogens is 214 g/mol. The molecule has 1 rings (SSSR count). The number of rotatable bonds is 6. The number of halogens is 1. The van der Waals surface area contributed by atoms with E-state index in [1.165, 1.54) is 0 Å². The molecule has 0 atom stereocenters. The third-order valence-electron chi connectivity index (χ3n) is 1.65. The molecule has 3 nitrogen and oxygen atoms in total. The minimum absolute atomic E-state index is 0.414. The first kappa shape index (κ1) is 11.8. The maximum atomic E-state index is 8.26. The van der Waals surface area contributed by atoms with Crippen LogP contribution in [-0.4, -0.2) is 19.8 Å². The van der Waals surface area contributed by atoms with Crippen LogP contribution < -0.4 is 4.74 Å². The van der Waals surface area contributed by atoms with Crippen molar-refractivity contribution in [3.05, 3.63) is 29.3 Å². The van der Waals surface area contributed by atoms with Crippen molar-refractivity contribution in [1.82, 2.24) is 0 Å². The lowest BCUT2D eigenvalue weighted by atomic mass is 10.3. The lowest BCUT2D eigenvalue weighted by molar-refractivity contribution is 0.104. The van der Waals surface area contributed by atoms with Gasteiger partial charge >= 0.3 is 0 Å². The smallest absolute Gasteiger partial charge is 0.120 e. The zero-order valence-corrected chi connectivity index (χ0v) is 9.04. The Kier molecular flexibility index (Phi) is 5.60. The van der Waals surface area contributed by atoms with E-state index < -0.39 is 0 Å². The molecule has 4 heteroatoms. The van der Waals surface area contributed by atoms with Crippen molar-refractivity contribution < 1.29 is 9.47 Å². The molecule has 0 amide bonds. The number of hydrogen-bond acceptors (Lipinski definition) is 3. The minimum atomic E-state index is 0.414. The Morgan fingerprint density at radius 3 is 2.87 bits per heavy atom. The summed E-state index contributed by atoms with van der Waals surface area (Å²) in [6.45, 7) is 1.40. The van der Waals surface area contributed by atoms with E-state index in [1.54, 1.807) is 12.1 Å². The summed E-state index contributed by atoms with van der Waals surface area (Å²) in [5.74, 6) is 0.728. The predicted molar refractivity (Wildman–Crippen MR) is 58.0 cm³/mol. The van der Waals surface area contributed by atoms with E-state index in [4.69, 9.17) is 26.3 Å². The summed E-state index contributed by atoms with van der Waals surface area (Å²) in [6.07, 6.45) is 0.414. The molecule has 0 heterocycles. The molecule has 0 aliphatic heterocycles. The normalized spacial score (nSPS) is 9.60. The number of ether oxygens (including phenoxy) is 2. The van der Waals surface area contributed by atoms with Gasteiger partial charge in [0.1, 0.15) is 12.4 Å².